The number of hydrogen-bond donors (Lipinski definition) is 0. The van der Waals surface area contributed by atoms with Crippen LogP contribution in [-0.2, 0) is 4.79 Å². The molecule has 0 aliphatic carbocycles. The Balaban J connectivity index is 1.77. The van der Waals surface area contributed by atoms with Gasteiger partial charge < -0.3 is 9.89 Å². The molecule has 0 N–H and O–H groups in total. The van der Waals surface area contributed by atoms with Gasteiger partial charge in [-0.3, -0.25) is 9.69 Å². The van der Waals surface area contributed by atoms with E-state index in [1.54, 1.807) is 0 Å². The van der Waals surface area contributed by atoms with E-state index in [4.69, 9.17) is 0 Å². The fraction of sp³-hybridized carbons (Fsp3) is 0.882. The van der Waals surface area contributed by atoms with Crippen LogP contribution in [0, 0.1) is 11.3 Å². The second-order valence-corrected chi connectivity index (χ2v) is 7.80. The van der Waals surface area contributed by atoms with Crippen molar-refractivity contribution in [1.29, 1.82) is 0 Å². The second-order valence-electron chi connectivity index (χ2n) is 7.80. The van der Waals surface area contributed by atoms with Gasteiger partial charge in [-0.25, -0.2) is 0 Å². The predicted molar refractivity (Wildman–Crippen MR) is 87.8 cm³/mol. The Labute approximate surface area is 129 Å². The van der Waals surface area contributed by atoms with E-state index in [0.717, 1.165) is 32.5 Å². The van der Waals surface area contributed by atoms with Crippen LogP contribution in [0.2, 0.25) is 0 Å². The van der Waals surface area contributed by atoms with Crippen LogP contribution in [0.5, 0.6) is 0 Å². The molecule has 0 radical (unpaired) electrons. The first-order chi connectivity index (χ1) is 9.89. The number of nitrogens with zero attached hydrogens (tertiary/aromatic N) is 3. The number of hydrogen-bond acceptors (Lipinski definition) is 3. The summed E-state index contributed by atoms with van der Waals surface area (Å²) in [6.45, 7) is 10.6. The van der Waals surface area contributed by atoms with E-state index in [1.807, 2.05) is 7.05 Å². The molecule has 0 aromatic carbocycles. The molecule has 2 rings (SSSR count). The van der Waals surface area contributed by atoms with Crippen LogP contribution >= 0.6 is 0 Å². The summed E-state index contributed by atoms with van der Waals surface area (Å²) in [7, 11) is 1.86. The molecule has 4 heteroatoms. The fourth-order valence-corrected chi connectivity index (χ4v) is 3.53. The van der Waals surface area contributed by atoms with Gasteiger partial charge in [-0.1, -0.05) is 20.8 Å². The summed E-state index contributed by atoms with van der Waals surface area (Å²) in [4.78, 5) is 21.1. The van der Waals surface area contributed by atoms with Crippen molar-refractivity contribution >= 4 is 12.1 Å². The lowest BCUT2D eigenvalue weighted by molar-refractivity contribution is -0.134. The minimum atomic E-state index is 0.0929. The third kappa shape index (κ3) is 4.80. The Morgan fingerprint density at radius 3 is 2.43 bits per heavy atom. The molecule has 0 aromatic heterocycles. The van der Waals surface area contributed by atoms with E-state index in [2.05, 4.69) is 41.8 Å². The van der Waals surface area contributed by atoms with Crippen LogP contribution in [0.4, 0.5) is 0 Å². The van der Waals surface area contributed by atoms with Crippen molar-refractivity contribution in [2.24, 2.45) is 16.3 Å². The van der Waals surface area contributed by atoms with E-state index in [1.165, 1.54) is 13.0 Å². The van der Waals surface area contributed by atoms with Gasteiger partial charge in [0.2, 0.25) is 5.91 Å². The molecule has 120 valence electrons. The monoisotopic (exact) mass is 293 g/mol. The molecular formula is C17H31N3O. The molecule has 2 saturated heterocycles. The average Bonchev–Trinajstić information content (AvgIpc) is 2.86. The first-order valence-corrected chi connectivity index (χ1v) is 8.33. The summed E-state index contributed by atoms with van der Waals surface area (Å²) in [5, 5.41) is 0. The summed E-state index contributed by atoms with van der Waals surface area (Å²) >= 11 is 0. The van der Waals surface area contributed by atoms with Crippen LogP contribution in [0.3, 0.4) is 0 Å². The lowest BCUT2D eigenvalue weighted by atomic mass is 9.91. The maximum absolute atomic E-state index is 12.3. The molecular weight excluding hydrogens is 262 g/mol. The molecule has 0 bridgehead atoms. The van der Waals surface area contributed by atoms with E-state index in [-0.39, 0.29) is 5.41 Å². The van der Waals surface area contributed by atoms with Gasteiger partial charge in [0.25, 0.3) is 0 Å². The standard InChI is InChI=1S/C17H31N3O/c1-17(2,3)11-16(21)19-9-6-15(7-10-19)20-8-5-14(13-20)12-18-4/h12,14-15H,5-11,13H2,1-4H3/b18-12-. The number of carbonyl (C=O) groups excluding carboxylic acids is 1. The first-order valence-electron chi connectivity index (χ1n) is 8.33. The van der Waals surface area contributed by atoms with Crippen molar-refractivity contribution < 1.29 is 4.79 Å². The molecule has 4 nitrogen and oxygen atoms in total. The Kier molecular flexibility index (Phi) is 5.42. The van der Waals surface area contributed by atoms with Crippen LogP contribution in [0.1, 0.15) is 46.5 Å². The fourth-order valence-electron chi connectivity index (χ4n) is 3.53. The number of carbonyl (C=O) groups is 1. The second kappa shape index (κ2) is 6.91. The third-order valence-corrected chi connectivity index (χ3v) is 4.63. The molecule has 0 spiro atoms. The number of likely N-dealkylation sites (tertiary alicyclic amines) is 2. The zero-order valence-corrected chi connectivity index (χ0v) is 14.1. The quantitative estimate of drug-likeness (QED) is 0.749. The Hall–Kier alpha value is -0.900. The molecule has 1 unspecified atom stereocenters. The molecule has 2 aliphatic heterocycles. The topological polar surface area (TPSA) is 35.9 Å². The molecule has 1 amide bonds. The highest BCUT2D eigenvalue weighted by atomic mass is 16.2. The van der Waals surface area contributed by atoms with E-state index in [9.17, 15) is 4.79 Å². The van der Waals surface area contributed by atoms with Crippen LogP contribution < -0.4 is 0 Å². The lowest BCUT2D eigenvalue weighted by Crippen LogP contribution is -2.46. The lowest BCUT2D eigenvalue weighted by Gasteiger charge is -2.37. The largest absolute Gasteiger partial charge is 0.343 e. The van der Waals surface area contributed by atoms with Gasteiger partial charge in [-0.2, -0.15) is 0 Å². The number of amides is 1. The van der Waals surface area contributed by atoms with Gasteiger partial charge in [0.05, 0.1) is 0 Å². The normalized spacial score (nSPS) is 25.9. The van der Waals surface area contributed by atoms with Crippen molar-refractivity contribution in [3.05, 3.63) is 0 Å². The molecule has 0 aromatic rings. The molecule has 2 fully saturated rings. The number of piperidine rings is 1. The van der Waals surface area contributed by atoms with E-state index < -0.39 is 0 Å². The van der Waals surface area contributed by atoms with E-state index >= 15 is 0 Å². The summed E-state index contributed by atoms with van der Waals surface area (Å²) in [5.74, 6) is 0.967. The highest BCUT2D eigenvalue weighted by molar-refractivity contribution is 5.76. The molecule has 21 heavy (non-hydrogen) atoms. The first kappa shape index (κ1) is 16.5. The smallest absolute Gasteiger partial charge is 0.223 e. The van der Waals surface area contributed by atoms with Gasteiger partial charge in [0.15, 0.2) is 0 Å². The van der Waals surface area contributed by atoms with Gasteiger partial charge in [0.1, 0.15) is 0 Å². The predicted octanol–water partition coefficient (Wildman–Crippen LogP) is 2.44. The van der Waals surface area contributed by atoms with Gasteiger partial charge in [-0.05, 0) is 31.2 Å². The van der Waals surface area contributed by atoms with E-state index in [0.29, 0.717) is 24.3 Å². The highest BCUT2D eigenvalue weighted by Crippen LogP contribution is 2.25. The van der Waals surface area contributed by atoms with Crippen molar-refractivity contribution in [2.45, 2.75) is 52.5 Å². The SMILES string of the molecule is C/N=C\C1CCN(C2CCN(C(=O)CC(C)(C)C)CC2)C1. The Morgan fingerprint density at radius 2 is 1.86 bits per heavy atom. The molecule has 1 atom stereocenters. The zero-order valence-electron chi connectivity index (χ0n) is 14.1. The third-order valence-electron chi connectivity index (χ3n) is 4.63. The van der Waals surface area contributed by atoms with Crippen molar-refractivity contribution in [1.82, 2.24) is 9.80 Å². The van der Waals surface area contributed by atoms with Crippen LogP contribution in [0.15, 0.2) is 4.99 Å². The van der Waals surface area contributed by atoms with Crippen molar-refractivity contribution in [2.75, 3.05) is 33.2 Å². The highest BCUT2D eigenvalue weighted by Gasteiger charge is 2.31. The summed E-state index contributed by atoms with van der Waals surface area (Å²) in [6.07, 6.45) is 6.26. The van der Waals surface area contributed by atoms with Crippen molar-refractivity contribution in [3.63, 3.8) is 0 Å². The Bertz CT molecular complexity index is 378. The van der Waals surface area contributed by atoms with Gasteiger partial charge in [-0.15, -0.1) is 0 Å². The van der Waals surface area contributed by atoms with Crippen molar-refractivity contribution in [3.8, 4) is 0 Å². The molecule has 2 heterocycles. The summed E-state index contributed by atoms with van der Waals surface area (Å²) in [6, 6.07) is 0.666. The van der Waals surface area contributed by atoms with Crippen LogP contribution in [0.25, 0.3) is 0 Å². The van der Waals surface area contributed by atoms with Gasteiger partial charge in [0, 0.05) is 51.3 Å². The minimum absolute atomic E-state index is 0.0929. The zero-order chi connectivity index (χ0) is 15.5. The average molecular weight is 293 g/mol. The summed E-state index contributed by atoms with van der Waals surface area (Å²) in [5.41, 5.74) is 0.0929. The van der Waals surface area contributed by atoms with Crippen LogP contribution in [-0.4, -0.2) is 61.2 Å². The molecule has 2 aliphatic rings. The number of aliphatic imine (C=N–C) groups is 1. The maximum atomic E-state index is 12.3. The van der Waals surface area contributed by atoms with Gasteiger partial charge >= 0.3 is 0 Å². The number of rotatable bonds is 3. The molecule has 0 saturated carbocycles. The maximum Gasteiger partial charge on any atom is 0.223 e. The Morgan fingerprint density at radius 1 is 1.19 bits per heavy atom. The minimum Gasteiger partial charge on any atom is -0.343 e. The summed E-state index contributed by atoms with van der Waals surface area (Å²) < 4.78 is 0.